The fourth-order valence-corrected chi connectivity index (χ4v) is 7.55. The summed E-state index contributed by atoms with van der Waals surface area (Å²) in [6, 6.07) is 40.0. The Morgan fingerprint density at radius 3 is 1.34 bits per heavy atom. The third-order valence-electron chi connectivity index (χ3n) is 5.82. The lowest BCUT2D eigenvalue weighted by Gasteiger charge is -2.19. The van der Waals surface area contributed by atoms with Crippen LogP contribution < -0.4 is 9.47 Å². The van der Waals surface area contributed by atoms with Crippen molar-refractivity contribution >= 4 is 56.1 Å². The van der Waals surface area contributed by atoms with E-state index in [0.29, 0.717) is 0 Å². The van der Waals surface area contributed by atoms with Crippen molar-refractivity contribution in [2.45, 2.75) is 14.7 Å². The van der Waals surface area contributed by atoms with Crippen LogP contribution in [0.4, 0.5) is 0 Å². The molecule has 0 unspecified atom stereocenters. The van der Waals surface area contributed by atoms with Gasteiger partial charge in [-0.3, -0.25) is 0 Å². The van der Waals surface area contributed by atoms with Crippen molar-refractivity contribution in [3.63, 3.8) is 0 Å². The molecule has 1 aliphatic rings. The standard InChI is InChI=1S/C30H20I2O2S/c31-20-6-10-22(11-7-20)33-24-14-16-29-27(18-24)28-19-25(34-23-12-8-21(32)9-13-23)15-17-30(28)35(29)26-4-2-1-3-5-26/h1-19,35H. The summed E-state index contributed by atoms with van der Waals surface area (Å²) in [5.74, 6) is 3.35. The molecule has 0 fully saturated rings. The zero-order valence-corrected chi connectivity index (χ0v) is 23.7. The summed E-state index contributed by atoms with van der Waals surface area (Å²) in [6.07, 6.45) is 0. The van der Waals surface area contributed by atoms with Gasteiger partial charge in [-0.2, -0.15) is 10.9 Å². The number of hydrogen-bond acceptors (Lipinski definition) is 2. The van der Waals surface area contributed by atoms with E-state index in [9.17, 15) is 0 Å². The molecule has 0 saturated heterocycles. The second-order valence-corrected chi connectivity index (χ2v) is 12.8. The van der Waals surface area contributed by atoms with E-state index < -0.39 is 10.9 Å². The van der Waals surface area contributed by atoms with Gasteiger partial charge in [-0.15, -0.1) is 0 Å². The van der Waals surface area contributed by atoms with E-state index in [1.807, 2.05) is 24.3 Å². The van der Waals surface area contributed by atoms with Crippen molar-refractivity contribution in [1.82, 2.24) is 0 Å². The zero-order chi connectivity index (χ0) is 23.8. The molecule has 35 heavy (non-hydrogen) atoms. The molecular formula is C30H20I2O2S. The molecule has 172 valence electrons. The lowest BCUT2D eigenvalue weighted by Crippen LogP contribution is -1.87. The monoisotopic (exact) mass is 698 g/mol. The van der Waals surface area contributed by atoms with Crippen LogP contribution in [0.15, 0.2) is 130 Å². The molecule has 0 radical (unpaired) electrons. The van der Waals surface area contributed by atoms with E-state index in [2.05, 4.69) is 136 Å². The molecular weight excluding hydrogens is 678 g/mol. The maximum atomic E-state index is 6.22. The van der Waals surface area contributed by atoms with Gasteiger partial charge in [0.1, 0.15) is 23.0 Å². The maximum Gasteiger partial charge on any atom is 0.128 e. The molecule has 0 saturated carbocycles. The first-order valence-corrected chi connectivity index (χ1v) is 14.6. The fourth-order valence-electron chi connectivity index (χ4n) is 4.24. The number of benzene rings is 5. The van der Waals surface area contributed by atoms with Crippen LogP contribution in [0.2, 0.25) is 0 Å². The van der Waals surface area contributed by atoms with Crippen LogP contribution in [0.5, 0.6) is 23.0 Å². The average Bonchev–Trinajstić information content (AvgIpc) is 3.20. The average molecular weight is 698 g/mol. The largest absolute Gasteiger partial charge is 0.457 e. The third kappa shape index (κ3) is 4.81. The van der Waals surface area contributed by atoms with Crippen molar-refractivity contribution in [2.75, 3.05) is 0 Å². The highest BCUT2D eigenvalue weighted by molar-refractivity contribution is 14.1. The third-order valence-corrected chi connectivity index (χ3v) is 9.82. The summed E-state index contributed by atoms with van der Waals surface area (Å²) in [5.41, 5.74) is 2.43. The van der Waals surface area contributed by atoms with E-state index in [4.69, 9.17) is 9.47 Å². The van der Waals surface area contributed by atoms with Crippen LogP contribution in [-0.4, -0.2) is 0 Å². The molecule has 5 heteroatoms. The predicted octanol–water partition coefficient (Wildman–Crippen LogP) is 9.94. The molecule has 2 nitrogen and oxygen atoms in total. The Bertz CT molecular complexity index is 1400. The highest BCUT2D eigenvalue weighted by atomic mass is 127. The highest BCUT2D eigenvalue weighted by Crippen LogP contribution is 2.63. The highest BCUT2D eigenvalue weighted by Gasteiger charge is 2.28. The minimum absolute atomic E-state index is 0.637. The number of fused-ring (bicyclic) bond motifs is 3. The van der Waals surface area contributed by atoms with E-state index in [-0.39, 0.29) is 0 Å². The SMILES string of the molecule is Ic1ccc(Oc2ccc3c(c2)-c2cc(Oc4ccc(I)cc4)ccc2[SH]3c2ccccc2)cc1. The molecule has 1 heterocycles. The minimum Gasteiger partial charge on any atom is -0.457 e. The molecule has 0 aromatic heterocycles. The van der Waals surface area contributed by atoms with E-state index >= 15 is 0 Å². The number of hydrogen-bond donors (Lipinski definition) is 1. The summed E-state index contributed by atoms with van der Waals surface area (Å²) in [6.45, 7) is 0. The van der Waals surface area contributed by atoms with Gasteiger partial charge in [0.25, 0.3) is 0 Å². The molecule has 6 rings (SSSR count). The van der Waals surface area contributed by atoms with Crippen molar-refractivity contribution in [2.24, 2.45) is 0 Å². The van der Waals surface area contributed by atoms with E-state index in [1.54, 1.807) is 0 Å². The number of rotatable bonds is 5. The van der Waals surface area contributed by atoms with Crippen LogP contribution in [0.25, 0.3) is 11.1 Å². The normalized spacial score (nSPS) is 12.7. The second kappa shape index (κ2) is 9.87. The Morgan fingerprint density at radius 2 is 0.886 bits per heavy atom. The molecule has 0 spiro atoms. The molecule has 0 amide bonds. The van der Waals surface area contributed by atoms with Crippen LogP contribution in [0.3, 0.4) is 0 Å². The Labute approximate surface area is 234 Å². The Balaban J connectivity index is 1.42. The summed E-state index contributed by atoms with van der Waals surface area (Å²) in [7, 11) is -0.637. The second-order valence-electron chi connectivity index (χ2n) is 8.14. The zero-order valence-electron chi connectivity index (χ0n) is 18.5. The van der Waals surface area contributed by atoms with Gasteiger partial charge >= 0.3 is 0 Å². The first-order chi connectivity index (χ1) is 17.1. The molecule has 0 aliphatic carbocycles. The predicted molar refractivity (Wildman–Crippen MR) is 161 cm³/mol. The smallest absolute Gasteiger partial charge is 0.128 e. The molecule has 5 aromatic rings. The quantitative estimate of drug-likeness (QED) is 0.143. The van der Waals surface area contributed by atoms with Crippen LogP contribution >= 0.6 is 56.1 Å². The fraction of sp³-hybridized carbons (Fsp3) is 0. The van der Waals surface area contributed by atoms with Gasteiger partial charge in [-0.1, -0.05) is 18.2 Å². The Hall–Kier alpha value is -2.49. The van der Waals surface area contributed by atoms with Gasteiger partial charge in [0.15, 0.2) is 0 Å². The Morgan fingerprint density at radius 1 is 0.457 bits per heavy atom. The number of ether oxygens (including phenoxy) is 2. The molecule has 5 aromatic carbocycles. The van der Waals surface area contributed by atoms with Gasteiger partial charge in [0, 0.05) is 16.9 Å². The first kappa shape index (κ1) is 22.9. The van der Waals surface area contributed by atoms with Crippen LogP contribution in [0.1, 0.15) is 0 Å². The van der Waals surface area contributed by atoms with Gasteiger partial charge in [-0.05, 0) is 158 Å². The van der Waals surface area contributed by atoms with Gasteiger partial charge in [0.2, 0.25) is 0 Å². The van der Waals surface area contributed by atoms with Gasteiger partial charge < -0.3 is 9.47 Å². The molecule has 0 N–H and O–H groups in total. The van der Waals surface area contributed by atoms with Gasteiger partial charge in [-0.25, -0.2) is 0 Å². The lowest BCUT2D eigenvalue weighted by atomic mass is 10.1. The molecule has 0 bridgehead atoms. The van der Waals surface area contributed by atoms with Gasteiger partial charge in [0.05, 0.1) is 0 Å². The topological polar surface area (TPSA) is 18.5 Å². The minimum atomic E-state index is -0.637. The van der Waals surface area contributed by atoms with Crippen LogP contribution in [-0.2, 0) is 0 Å². The van der Waals surface area contributed by atoms with Crippen molar-refractivity contribution in [1.29, 1.82) is 0 Å². The molecule has 1 aliphatic heterocycles. The number of halogens is 2. The van der Waals surface area contributed by atoms with E-state index in [1.165, 1.54) is 33.0 Å². The Kier molecular flexibility index (Phi) is 6.47. The summed E-state index contributed by atoms with van der Waals surface area (Å²) in [5, 5.41) is 0. The summed E-state index contributed by atoms with van der Waals surface area (Å²) < 4.78 is 14.8. The number of thiol groups is 1. The van der Waals surface area contributed by atoms with Crippen molar-refractivity contribution in [3.05, 3.63) is 122 Å². The summed E-state index contributed by atoms with van der Waals surface area (Å²) in [4.78, 5) is 4.05. The van der Waals surface area contributed by atoms with E-state index in [0.717, 1.165) is 23.0 Å². The first-order valence-electron chi connectivity index (χ1n) is 11.1. The van der Waals surface area contributed by atoms with Crippen molar-refractivity contribution < 1.29 is 9.47 Å². The lowest BCUT2D eigenvalue weighted by molar-refractivity contribution is 0.481. The maximum absolute atomic E-state index is 6.22. The summed E-state index contributed by atoms with van der Waals surface area (Å²) >= 11 is 4.61. The van der Waals surface area contributed by atoms with Crippen molar-refractivity contribution in [3.8, 4) is 34.1 Å². The van der Waals surface area contributed by atoms with Crippen LogP contribution in [0, 0.1) is 7.14 Å². The molecule has 0 atom stereocenters.